The van der Waals surface area contributed by atoms with Crippen LogP contribution in [0.4, 0.5) is 5.13 Å². The van der Waals surface area contributed by atoms with Crippen molar-refractivity contribution in [3.63, 3.8) is 0 Å². The van der Waals surface area contributed by atoms with Crippen molar-refractivity contribution in [1.29, 1.82) is 0 Å². The maximum Gasteiger partial charge on any atom is 0.250 e. The number of hydrogen-bond acceptors (Lipinski definition) is 6. The van der Waals surface area contributed by atoms with Crippen LogP contribution in [0.1, 0.15) is 21.6 Å². The molecular weight excluding hydrogens is 384 g/mol. The summed E-state index contributed by atoms with van der Waals surface area (Å²) in [6.07, 6.45) is 7.38. The highest BCUT2D eigenvalue weighted by Gasteiger charge is 2.06. The second-order valence-electron chi connectivity index (χ2n) is 6.47. The highest BCUT2D eigenvalue weighted by molar-refractivity contribution is 7.15. The average Bonchev–Trinajstić information content (AvgIpc) is 3.39. The second kappa shape index (κ2) is 8.57. The van der Waals surface area contributed by atoms with Crippen LogP contribution in [0.15, 0.2) is 67.1 Å². The van der Waals surface area contributed by atoms with E-state index in [-0.39, 0.29) is 5.91 Å². The van der Waals surface area contributed by atoms with E-state index in [1.54, 1.807) is 10.8 Å². The van der Waals surface area contributed by atoms with Crippen LogP contribution in [0.5, 0.6) is 0 Å². The summed E-state index contributed by atoms with van der Waals surface area (Å²) in [5.41, 5.74) is 4.21. The van der Waals surface area contributed by atoms with Crippen LogP contribution in [0.2, 0.25) is 0 Å². The van der Waals surface area contributed by atoms with Crippen molar-refractivity contribution in [3.8, 4) is 5.69 Å². The van der Waals surface area contributed by atoms with E-state index in [0.29, 0.717) is 5.13 Å². The standard InChI is InChI=1S/C21H18N6OS/c1-15-3-2-4-17(11-15)12-19-13-22-21(29-19)24-20(28)10-7-16-5-8-18(9-6-16)27-14-23-25-26-27/h2-11,13-14H,12H2,1H3,(H,22,24,28)/b10-7+. The molecule has 29 heavy (non-hydrogen) atoms. The lowest BCUT2D eigenvalue weighted by Gasteiger charge is -2.00. The Labute approximate surface area is 171 Å². The fourth-order valence-electron chi connectivity index (χ4n) is 2.81. The van der Waals surface area contributed by atoms with Gasteiger partial charge in [-0.3, -0.25) is 10.1 Å². The summed E-state index contributed by atoms with van der Waals surface area (Å²) in [5, 5.41) is 14.5. The van der Waals surface area contributed by atoms with Crippen molar-refractivity contribution in [2.24, 2.45) is 0 Å². The van der Waals surface area contributed by atoms with Gasteiger partial charge in [0.15, 0.2) is 5.13 Å². The largest absolute Gasteiger partial charge is 0.298 e. The first kappa shape index (κ1) is 18.7. The molecule has 0 aliphatic carbocycles. The number of thiazole rings is 1. The molecule has 7 nitrogen and oxygen atoms in total. The van der Waals surface area contributed by atoms with Gasteiger partial charge in [0.05, 0.1) is 5.69 Å². The zero-order valence-corrected chi connectivity index (χ0v) is 16.5. The van der Waals surface area contributed by atoms with Crippen LogP contribution < -0.4 is 5.32 Å². The molecule has 2 aromatic heterocycles. The first-order valence-corrected chi connectivity index (χ1v) is 9.80. The number of tetrazole rings is 1. The Bertz CT molecular complexity index is 1130. The molecule has 0 bridgehead atoms. The van der Waals surface area contributed by atoms with E-state index in [1.165, 1.54) is 34.9 Å². The quantitative estimate of drug-likeness (QED) is 0.497. The highest BCUT2D eigenvalue weighted by atomic mass is 32.1. The third-order valence-corrected chi connectivity index (χ3v) is 5.09. The Morgan fingerprint density at radius 2 is 2.07 bits per heavy atom. The maximum absolute atomic E-state index is 12.2. The molecule has 1 N–H and O–H groups in total. The Balaban J connectivity index is 1.34. The van der Waals surface area contributed by atoms with Gasteiger partial charge in [0.2, 0.25) is 5.91 Å². The van der Waals surface area contributed by atoms with Gasteiger partial charge < -0.3 is 0 Å². The lowest BCUT2D eigenvalue weighted by atomic mass is 10.1. The van der Waals surface area contributed by atoms with E-state index in [2.05, 4.69) is 57.0 Å². The van der Waals surface area contributed by atoms with E-state index in [9.17, 15) is 4.79 Å². The number of rotatable bonds is 6. The van der Waals surface area contributed by atoms with Crippen LogP contribution in [-0.2, 0) is 11.2 Å². The van der Waals surface area contributed by atoms with Crippen LogP contribution in [-0.4, -0.2) is 31.1 Å². The summed E-state index contributed by atoms with van der Waals surface area (Å²) < 4.78 is 1.57. The molecule has 0 saturated heterocycles. The van der Waals surface area contributed by atoms with Crippen molar-refractivity contribution >= 4 is 28.5 Å². The molecule has 4 aromatic rings. The fraction of sp³-hybridized carbons (Fsp3) is 0.0952. The van der Waals surface area contributed by atoms with Crippen LogP contribution in [0.25, 0.3) is 11.8 Å². The molecule has 0 spiro atoms. The SMILES string of the molecule is Cc1cccc(Cc2cnc(NC(=O)/C=C/c3ccc(-n4cnnn4)cc3)s2)c1. The molecule has 0 saturated carbocycles. The van der Waals surface area contributed by atoms with E-state index < -0.39 is 0 Å². The van der Waals surface area contributed by atoms with E-state index in [1.807, 2.05) is 30.5 Å². The summed E-state index contributed by atoms with van der Waals surface area (Å²) in [6, 6.07) is 15.9. The van der Waals surface area contributed by atoms with Crippen molar-refractivity contribution in [3.05, 3.63) is 88.7 Å². The fourth-order valence-corrected chi connectivity index (χ4v) is 3.66. The van der Waals surface area contributed by atoms with E-state index in [4.69, 9.17) is 0 Å². The first-order valence-electron chi connectivity index (χ1n) is 8.98. The van der Waals surface area contributed by atoms with Gasteiger partial charge in [0, 0.05) is 23.6 Å². The molecule has 0 aliphatic rings. The number of carbonyl (C=O) groups is 1. The molecule has 1 amide bonds. The molecular formula is C21H18N6OS. The summed E-state index contributed by atoms with van der Waals surface area (Å²) in [6.45, 7) is 2.08. The van der Waals surface area contributed by atoms with Gasteiger partial charge in [-0.2, -0.15) is 0 Å². The molecule has 0 fully saturated rings. The van der Waals surface area contributed by atoms with E-state index in [0.717, 1.165) is 22.5 Å². The maximum atomic E-state index is 12.2. The van der Waals surface area contributed by atoms with Gasteiger partial charge >= 0.3 is 0 Å². The molecule has 4 rings (SSSR count). The average molecular weight is 402 g/mol. The topological polar surface area (TPSA) is 85.6 Å². The van der Waals surface area contributed by atoms with Gasteiger partial charge in [-0.25, -0.2) is 9.67 Å². The third-order valence-electron chi connectivity index (χ3n) is 4.18. The van der Waals surface area contributed by atoms with Crippen LogP contribution in [0, 0.1) is 6.92 Å². The van der Waals surface area contributed by atoms with Gasteiger partial charge in [0.1, 0.15) is 6.33 Å². The number of nitrogens with one attached hydrogen (secondary N) is 1. The third kappa shape index (κ3) is 4.99. The minimum absolute atomic E-state index is 0.217. The summed E-state index contributed by atoms with van der Waals surface area (Å²) >= 11 is 1.49. The number of amides is 1. The van der Waals surface area contributed by atoms with Gasteiger partial charge in [0.25, 0.3) is 0 Å². The Morgan fingerprint density at radius 3 is 2.83 bits per heavy atom. The Hall–Kier alpha value is -3.65. The van der Waals surface area contributed by atoms with Crippen molar-refractivity contribution in [1.82, 2.24) is 25.2 Å². The smallest absolute Gasteiger partial charge is 0.250 e. The molecule has 0 unspecified atom stereocenters. The van der Waals surface area contributed by atoms with Gasteiger partial charge in [-0.05, 0) is 46.7 Å². The first-order chi connectivity index (χ1) is 14.2. The molecule has 2 heterocycles. The normalized spacial score (nSPS) is 11.1. The summed E-state index contributed by atoms with van der Waals surface area (Å²) in [4.78, 5) is 17.6. The van der Waals surface area contributed by atoms with Crippen LogP contribution in [0.3, 0.4) is 0 Å². The molecule has 0 aliphatic heterocycles. The zero-order chi connectivity index (χ0) is 20.1. The number of anilines is 1. The minimum Gasteiger partial charge on any atom is -0.298 e. The van der Waals surface area contributed by atoms with Crippen molar-refractivity contribution in [2.45, 2.75) is 13.3 Å². The van der Waals surface area contributed by atoms with Gasteiger partial charge in [-0.15, -0.1) is 16.4 Å². The van der Waals surface area contributed by atoms with Crippen molar-refractivity contribution in [2.75, 3.05) is 5.32 Å². The number of aromatic nitrogens is 5. The second-order valence-corrected chi connectivity index (χ2v) is 7.58. The minimum atomic E-state index is -0.217. The molecule has 0 atom stereocenters. The number of benzene rings is 2. The van der Waals surface area contributed by atoms with E-state index >= 15 is 0 Å². The molecule has 0 radical (unpaired) electrons. The molecule has 2 aromatic carbocycles. The van der Waals surface area contributed by atoms with Gasteiger partial charge in [-0.1, -0.05) is 42.0 Å². The number of hydrogen-bond donors (Lipinski definition) is 1. The predicted molar refractivity (Wildman–Crippen MR) is 113 cm³/mol. The lowest BCUT2D eigenvalue weighted by Crippen LogP contribution is -2.07. The number of nitrogens with zero attached hydrogens (tertiary/aromatic N) is 5. The predicted octanol–water partition coefficient (Wildman–Crippen LogP) is 3.67. The highest BCUT2D eigenvalue weighted by Crippen LogP contribution is 2.21. The molecule has 144 valence electrons. The number of aryl methyl sites for hydroxylation is 1. The lowest BCUT2D eigenvalue weighted by molar-refractivity contribution is -0.111. The number of carbonyl (C=O) groups excluding carboxylic acids is 1. The zero-order valence-electron chi connectivity index (χ0n) is 15.7. The Morgan fingerprint density at radius 1 is 1.21 bits per heavy atom. The summed E-state index contributed by atoms with van der Waals surface area (Å²) in [5.74, 6) is -0.217. The Kier molecular flexibility index (Phi) is 5.53. The van der Waals surface area contributed by atoms with Crippen molar-refractivity contribution < 1.29 is 4.79 Å². The summed E-state index contributed by atoms with van der Waals surface area (Å²) in [7, 11) is 0. The molecule has 8 heteroatoms. The monoisotopic (exact) mass is 402 g/mol. The van der Waals surface area contributed by atoms with Crippen LogP contribution >= 0.6 is 11.3 Å².